The fraction of sp³-hybridized carbons (Fsp3) is 0.300. The van der Waals surface area contributed by atoms with Crippen LogP contribution in [-0.2, 0) is 7.05 Å². The van der Waals surface area contributed by atoms with E-state index < -0.39 is 0 Å². The van der Waals surface area contributed by atoms with Gasteiger partial charge in [-0.2, -0.15) is 4.57 Å². The Labute approximate surface area is 77.0 Å². The zero-order valence-corrected chi connectivity index (χ0v) is 8.00. The summed E-state index contributed by atoms with van der Waals surface area (Å²) < 4.78 is 1.70. The molecule has 68 valence electrons. The number of hydrogen-bond acceptors (Lipinski definition) is 2. The van der Waals surface area contributed by atoms with Crippen LogP contribution in [0.4, 0.5) is 0 Å². The minimum atomic E-state index is -0.0365. The van der Waals surface area contributed by atoms with Gasteiger partial charge in [-0.1, -0.05) is 0 Å². The maximum Gasteiger partial charge on any atom is 0.248 e. The van der Waals surface area contributed by atoms with Crippen LogP contribution in [0.25, 0.3) is 0 Å². The number of hydrogen-bond donors (Lipinski definition) is 0. The molecule has 0 N–H and O–H groups in total. The topological polar surface area (TPSA) is 38.0 Å². The Bertz CT molecular complexity index is 369. The number of rotatable bonds is 2. The zero-order chi connectivity index (χ0) is 10.0. The maximum absolute atomic E-state index is 11.1. The molecule has 0 amide bonds. The Morgan fingerprint density at radius 3 is 2.31 bits per heavy atom. The molecule has 0 aliphatic heterocycles. The highest BCUT2D eigenvalue weighted by molar-refractivity contribution is 5.97. The molecule has 0 unspecified atom stereocenters. The smallest absolute Gasteiger partial charge is 0.248 e. The fourth-order valence-corrected chi connectivity index (χ4v) is 1.14. The molecule has 3 heteroatoms. The van der Waals surface area contributed by atoms with E-state index in [2.05, 4.69) is 0 Å². The van der Waals surface area contributed by atoms with Crippen molar-refractivity contribution in [1.29, 1.82) is 0 Å². The van der Waals surface area contributed by atoms with Crippen LogP contribution in [0, 0.1) is 0 Å². The third-order valence-corrected chi connectivity index (χ3v) is 1.92. The maximum atomic E-state index is 11.1. The van der Waals surface area contributed by atoms with Gasteiger partial charge in [0, 0.05) is 24.6 Å². The SMILES string of the molecule is CC(=O)c1cc[n+](C)c(C(C)=O)c1. The van der Waals surface area contributed by atoms with Crippen molar-refractivity contribution in [3.63, 3.8) is 0 Å². The quantitative estimate of drug-likeness (QED) is 0.499. The lowest BCUT2D eigenvalue weighted by Gasteiger charge is -1.97. The molecule has 0 aliphatic carbocycles. The number of aromatic nitrogens is 1. The summed E-state index contributed by atoms with van der Waals surface area (Å²) in [6.45, 7) is 2.97. The van der Waals surface area contributed by atoms with E-state index in [1.165, 1.54) is 13.8 Å². The molecule has 0 radical (unpaired) electrons. The van der Waals surface area contributed by atoms with Gasteiger partial charge in [-0.15, -0.1) is 0 Å². The van der Waals surface area contributed by atoms with Crippen LogP contribution in [0.15, 0.2) is 18.3 Å². The molecule has 0 spiro atoms. The number of ketones is 2. The third-order valence-electron chi connectivity index (χ3n) is 1.92. The molecule has 0 fully saturated rings. The molecule has 0 saturated heterocycles. The van der Waals surface area contributed by atoms with Crippen molar-refractivity contribution in [2.24, 2.45) is 7.05 Å². The molecule has 1 aromatic rings. The number of pyridine rings is 1. The van der Waals surface area contributed by atoms with Crippen molar-refractivity contribution in [2.75, 3.05) is 0 Å². The van der Waals surface area contributed by atoms with Crippen LogP contribution in [0.1, 0.15) is 34.7 Å². The van der Waals surface area contributed by atoms with Gasteiger partial charge in [0.05, 0.1) is 0 Å². The van der Waals surface area contributed by atoms with Gasteiger partial charge in [0.2, 0.25) is 11.5 Å². The monoisotopic (exact) mass is 178 g/mol. The van der Waals surface area contributed by atoms with Crippen LogP contribution in [0.2, 0.25) is 0 Å². The second-order valence-electron chi connectivity index (χ2n) is 3.02. The summed E-state index contributed by atoms with van der Waals surface area (Å²) in [5, 5.41) is 0. The van der Waals surface area contributed by atoms with E-state index in [1.54, 1.807) is 29.9 Å². The number of carbonyl (C=O) groups is 2. The van der Waals surface area contributed by atoms with E-state index in [4.69, 9.17) is 0 Å². The lowest BCUT2D eigenvalue weighted by atomic mass is 10.1. The first kappa shape index (κ1) is 9.58. The Morgan fingerprint density at radius 2 is 1.85 bits per heavy atom. The summed E-state index contributed by atoms with van der Waals surface area (Å²) in [4.78, 5) is 22.1. The lowest BCUT2D eigenvalue weighted by molar-refractivity contribution is -0.673. The van der Waals surface area contributed by atoms with Crippen molar-refractivity contribution < 1.29 is 14.2 Å². The average Bonchev–Trinajstić information content (AvgIpc) is 2.04. The van der Waals surface area contributed by atoms with E-state index in [0.29, 0.717) is 11.3 Å². The Morgan fingerprint density at radius 1 is 1.23 bits per heavy atom. The standard InChI is InChI=1S/C10H12NO2/c1-7(12)9-4-5-11(3)10(6-9)8(2)13/h4-6H,1-3H3/q+1. The molecule has 1 heterocycles. The summed E-state index contributed by atoms with van der Waals surface area (Å²) in [6.07, 6.45) is 1.72. The number of nitrogens with zero attached hydrogens (tertiary/aromatic N) is 1. The Balaban J connectivity index is 3.27. The highest BCUT2D eigenvalue weighted by Crippen LogP contribution is 2.01. The van der Waals surface area contributed by atoms with Gasteiger partial charge in [0.25, 0.3) is 0 Å². The number of Topliss-reactive ketones (excluding diaryl/α,β-unsaturated/α-hetero) is 2. The van der Waals surface area contributed by atoms with E-state index in [0.717, 1.165) is 0 Å². The normalized spacial score (nSPS) is 9.77. The van der Waals surface area contributed by atoms with Crippen molar-refractivity contribution in [3.8, 4) is 0 Å². The van der Waals surface area contributed by atoms with Crippen molar-refractivity contribution in [2.45, 2.75) is 13.8 Å². The Hall–Kier alpha value is -1.51. The minimum absolute atomic E-state index is 0.0249. The van der Waals surface area contributed by atoms with Gasteiger partial charge >= 0.3 is 0 Å². The summed E-state index contributed by atoms with van der Waals surface area (Å²) >= 11 is 0. The zero-order valence-electron chi connectivity index (χ0n) is 8.00. The molecule has 0 aromatic carbocycles. The van der Waals surface area contributed by atoms with Crippen LogP contribution < -0.4 is 4.57 Å². The molecule has 1 aromatic heterocycles. The highest BCUT2D eigenvalue weighted by Gasteiger charge is 2.13. The molecule has 13 heavy (non-hydrogen) atoms. The van der Waals surface area contributed by atoms with Gasteiger partial charge in [-0.05, 0) is 6.92 Å². The molecule has 3 nitrogen and oxygen atoms in total. The van der Waals surface area contributed by atoms with Crippen LogP contribution in [0.5, 0.6) is 0 Å². The summed E-state index contributed by atoms with van der Waals surface area (Å²) in [7, 11) is 1.78. The van der Waals surface area contributed by atoms with Crippen LogP contribution in [0.3, 0.4) is 0 Å². The molecule has 0 atom stereocenters. The summed E-state index contributed by atoms with van der Waals surface area (Å²) in [5.74, 6) is -0.0614. The van der Waals surface area contributed by atoms with Gasteiger partial charge in [-0.25, -0.2) is 0 Å². The average molecular weight is 178 g/mol. The molecular formula is C10H12NO2+. The highest BCUT2D eigenvalue weighted by atomic mass is 16.1. The van der Waals surface area contributed by atoms with E-state index in [-0.39, 0.29) is 11.6 Å². The molecule has 0 bridgehead atoms. The first-order valence-corrected chi connectivity index (χ1v) is 4.04. The molecule has 0 saturated carbocycles. The largest absolute Gasteiger partial charge is 0.295 e. The lowest BCUT2D eigenvalue weighted by Crippen LogP contribution is -2.35. The summed E-state index contributed by atoms with van der Waals surface area (Å²) in [6, 6.07) is 3.32. The van der Waals surface area contributed by atoms with E-state index in [9.17, 15) is 9.59 Å². The molecular weight excluding hydrogens is 166 g/mol. The fourth-order valence-electron chi connectivity index (χ4n) is 1.14. The van der Waals surface area contributed by atoms with Crippen LogP contribution >= 0.6 is 0 Å². The second kappa shape index (κ2) is 3.47. The van der Waals surface area contributed by atoms with Crippen molar-refractivity contribution >= 4 is 11.6 Å². The minimum Gasteiger partial charge on any atom is -0.295 e. The predicted octanol–water partition coefficient (Wildman–Crippen LogP) is 0.916. The predicted molar refractivity (Wildman–Crippen MR) is 47.6 cm³/mol. The van der Waals surface area contributed by atoms with Gasteiger partial charge in [0.1, 0.15) is 7.05 Å². The molecule has 0 aliphatic rings. The second-order valence-corrected chi connectivity index (χ2v) is 3.02. The number of carbonyl (C=O) groups excluding carboxylic acids is 2. The first-order chi connectivity index (χ1) is 6.02. The van der Waals surface area contributed by atoms with E-state index in [1.807, 2.05) is 0 Å². The van der Waals surface area contributed by atoms with Gasteiger partial charge < -0.3 is 0 Å². The summed E-state index contributed by atoms with van der Waals surface area (Å²) in [5.41, 5.74) is 1.12. The van der Waals surface area contributed by atoms with Gasteiger partial charge in [0.15, 0.2) is 12.0 Å². The first-order valence-electron chi connectivity index (χ1n) is 4.04. The van der Waals surface area contributed by atoms with Crippen molar-refractivity contribution in [3.05, 3.63) is 29.6 Å². The van der Waals surface area contributed by atoms with Crippen molar-refractivity contribution in [1.82, 2.24) is 0 Å². The number of aryl methyl sites for hydroxylation is 1. The van der Waals surface area contributed by atoms with E-state index >= 15 is 0 Å². The van der Waals surface area contributed by atoms with Crippen LogP contribution in [-0.4, -0.2) is 11.6 Å². The Kier molecular flexibility index (Phi) is 2.56. The molecule has 1 rings (SSSR count). The van der Waals surface area contributed by atoms with Gasteiger partial charge in [-0.3, -0.25) is 9.59 Å². The third kappa shape index (κ3) is 1.99.